The van der Waals surface area contributed by atoms with Crippen LogP contribution in [-0.2, 0) is 22.4 Å². The lowest BCUT2D eigenvalue weighted by Gasteiger charge is -2.35. The summed E-state index contributed by atoms with van der Waals surface area (Å²) in [6.07, 6.45) is 2.77. The summed E-state index contributed by atoms with van der Waals surface area (Å²) in [6.45, 7) is 2.51. The Morgan fingerprint density at radius 1 is 0.667 bits per heavy atom. The minimum Gasteiger partial charge on any atom is -0.339 e. The van der Waals surface area contributed by atoms with Gasteiger partial charge in [-0.3, -0.25) is 9.59 Å². The molecular formula is C26H28N2O2. The fraction of sp³-hybridized carbons (Fsp3) is 0.308. The molecule has 0 radical (unpaired) electrons. The number of piperazine rings is 1. The van der Waals surface area contributed by atoms with Crippen molar-refractivity contribution in [2.75, 3.05) is 26.2 Å². The second kappa shape index (κ2) is 9.57. The summed E-state index contributed by atoms with van der Waals surface area (Å²) in [5.74, 6) is 0.342. The average Bonchev–Trinajstić information content (AvgIpc) is 2.80. The Balaban J connectivity index is 1.23. The molecule has 4 nitrogen and oxygen atoms in total. The zero-order chi connectivity index (χ0) is 20.8. The molecule has 2 amide bonds. The molecule has 0 aliphatic carbocycles. The van der Waals surface area contributed by atoms with Crippen LogP contribution in [0.2, 0.25) is 0 Å². The predicted molar refractivity (Wildman–Crippen MR) is 120 cm³/mol. The number of aryl methyl sites for hydroxylation is 1. The van der Waals surface area contributed by atoms with Gasteiger partial charge in [0.2, 0.25) is 11.8 Å². The van der Waals surface area contributed by atoms with Crippen molar-refractivity contribution in [3.05, 3.63) is 83.9 Å². The molecule has 4 rings (SSSR count). The van der Waals surface area contributed by atoms with Crippen LogP contribution in [0.4, 0.5) is 0 Å². The van der Waals surface area contributed by atoms with Crippen molar-refractivity contribution in [2.24, 2.45) is 0 Å². The summed E-state index contributed by atoms with van der Waals surface area (Å²) in [5.41, 5.74) is 2.31. The summed E-state index contributed by atoms with van der Waals surface area (Å²) in [5, 5.41) is 2.35. The second-order valence-electron chi connectivity index (χ2n) is 7.96. The van der Waals surface area contributed by atoms with Crippen molar-refractivity contribution in [1.29, 1.82) is 0 Å². The molecule has 1 saturated heterocycles. The molecule has 0 aromatic heterocycles. The van der Waals surface area contributed by atoms with Gasteiger partial charge in [-0.05, 0) is 34.7 Å². The number of hydrogen-bond donors (Lipinski definition) is 0. The third-order valence-corrected chi connectivity index (χ3v) is 5.85. The Kier molecular flexibility index (Phi) is 6.43. The maximum absolute atomic E-state index is 12.7. The first-order chi connectivity index (χ1) is 14.7. The van der Waals surface area contributed by atoms with Gasteiger partial charge in [-0.15, -0.1) is 0 Å². The number of amides is 2. The molecule has 0 unspecified atom stereocenters. The van der Waals surface area contributed by atoms with Crippen molar-refractivity contribution in [1.82, 2.24) is 9.80 Å². The van der Waals surface area contributed by atoms with E-state index in [1.807, 2.05) is 46.2 Å². The van der Waals surface area contributed by atoms with Crippen molar-refractivity contribution < 1.29 is 9.59 Å². The summed E-state index contributed by atoms with van der Waals surface area (Å²) in [6, 6.07) is 24.7. The smallest absolute Gasteiger partial charge is 0.227 e. The van der Waals surface area contributed by atoms with E-state index in [4.69, 9.17) is 0 Å². The number of rotatable bonds is 6. The molecule has 0 saturated carbocycles. The maximum Gasteiger partial charge on any atom is 0.227 e. The largest absolute Gasteiger partial charge is 0.339 e. The first-order valence-electron chi connectivity index (χ1n) is 10.8. The van der Waals surface area contributed by atoms with E-state index in [0.717, 1.165) is 23.8 Å². The monoisotopic (exact) mass is 400 g/mol. The average molecular weight is 401 g/mol. The minimum absolute atomic E-state index is 0.140. The third-order valence-electron chi connectivity index (χ3n) is 5.85. The highest BCUT2D eigenvalue weighted by Crippen LogP contribution is 2.17. The Morgan fingerprint density at radius 3 is 2.03 bits per heavy atom. The van der Waals surface area contributed by atoms with E-state index < -0.39 is 0 Å². The second-order valence-corrected chi connectivity index (χ2v) is 7.96. The molecule has 154 valence electrons. The Labute approximate surface area is 178 Å². The van der Waals surface area contributed by atoms with E-state index in [2.05, 4.69) is 36.4 Å². The quantitative estimate of drug-likeness (QED) is 0.626. The van der Waals surface area contributed by atoms with Gasteiger partial charge in [0, 0.05) is 32.6 Å². The maximum atomic E-state index is 12.7. The van der Waals surface area contributed by atoms with E-state index >= 15 is 0 Å². The standard InChI is InChI=1S/C26H28N2O2/c29-25(12-6-9-21-7-2-1-3-8-21)27-15-17-28(18-16-27)26(30)20-22-13-14-23-10-4-5-11-24(23)19-22/h1-5,7-8,10-11,13-14,19H,6,9,12,15-18,20H2. The molecular weight excluding hydrogens is 372 g/mol. The summed E-state index contributed by atoms with van der Waals surface area (Å²) < 4.78 is 0. The number of fused-ring (bicyclic) bond motifs is 1. The van der Waals surface area contributed by atoms with Gasteiger partial charge in [-0.2, -0.15) is 0 Å². The summed E-state index contributed by atoms with van der Waals surface area (Å²) in [7, 11) is 0. The molecule has 4 heteroatoms. The van der Waals surface area contributed by atoms with Crippen LogP contribution in [0.25, 0.3) is 10.8 Å². The lowest BCUT2D eigenvalue weighted by atomic mass is 10.0. The highest BCUT2D eigenvalue weighted by Gasteiger charge is 2.23. The van der Waals surface area contributed by atoms with Crippen molar-refractivity contribution in [3.63, 3.8) is 0 Å². The first kappa shape index (κ1) is 20.1. The predicted octanol–water partition coefficient (Wildman–Crippen LogP) is 4.08. The van der Waals surface area contributed by atoms with Crippen LogP contribution >= 0.6 is 0 Å². The van der Waals surface area contributed by atoms with Gasteiger partial charge in [-0.25, -0.2) is 0 Å². The van der Waals surface area contributed by atoms with Gasteiger partial charge < -0.3 is 9.80 Å². The number of nitrogens with zero attached hydrogens (tertiary/aromatic N) is 2. The fourth-order valence-electron chi connectivity index (χ4n) is 4.09. The molecule has 0 bridgehead atoms. The topological polar surface area (TPSA) is 40.6 Å². The highest BCUT2D eigenvalue weighted by molar-refractivity contribution is 5.85. The molecule has 0 atom stereocenters. The number of hydrogen-bond acceptors (Lipinski definition) is 2. The minimum atomic E-state index is 0.140. The van der Waals surface area contributed by atoms with E-state index in [9.17, 15) is 9.59 Å². The van der Waals surface area contributed by atoms with Crippen molar-refractivity contribution in [2.45, 2.75) is 25.7 Å². The summed E-state index contributed by atoms with van der Waals surface area (Å²) in [4.78, 5) is 29.0. The zero-order valence-corrected chi connectivity index (χ0v) is 17.3. The fourth-order valence-corrected chi connectivity index (χ4v) is 4.09. The molecule has 1 fully saturated rings. The number of benzene rings is 3. The lowest BCUT2D eigenvalue weighted by Crippen LogP contribution is -2.51. The van der Waals surface area contributed by atoms with Gasteiger partial charge in [0.25, 0.3) is 0 Å². The third kappa shape index (κ3) is 5.07. The lowest BCUT2D eigenvalue weighted by molar-refractivity contribution is -0.139. The highest BCUT2D eigenvalue weighted by atomic mass is 16.2. The normalized spacial score (nSPS) is 14.1. The number of carbonyl (C=O) groups is 2. The van der Waals surface area contributed by atoms with Gasteiger partial charge in [0.1, 0.15) is 0 Å². The van der Waals surface area contributed by atoms with Gasteiger partial charge >= 0.3 is 0 Å². The Morgan fingerprint density at radius 2 is 1.30 bits per heavy atom. The molecule has 1 aliphatic heterocycles. The van der Waals surface area contributed by atoms with E-state index in [0.29, 0.717) is 39.0 Å². The Hall–Kier alpha value is -3.14. The van der Waals surface area contributed by atoms with Crippen LogP contribution in [0, 0.1) is 0 Å². The SMILES string of the molecule is O=C(CCCc1ccccc1)N1CCN(C(=O)Cc2ccc3ccccc3c2)CC1. The summed E-state index contributed by atoms with van der Waals surface area (Å²) >= 11 is 0. The molecule has 1 aliphatic rings. The van der Waals surface area contributed by atoms with Crippen LogP contribution < -0.4 is 0 Å². The number of carbonyl (C=O) groups excluding carboxylic acids is 2. The molecule has 30 heavy (non-hydrogen) atoms. The molecule has 0 spiro atoms. The van der Waals surface area contributed by atoms with Crippen molar-refractivity contribution >= 4 is 22.6 Å². The van der Waals surface area contributed by atoms with Crippen LogP contribution in [0.3, 0.4) is 0 Å². The first-order valence-corrected chi connectivity index (χ1v) is 10.8. The van der Waals surface area contributed by atoms with E-state index in [1.165, 1.54) is 10.9 Å². The van der Waals surface area contributed by atoms with Gasteiger partial charge in [0.05, 0.1) is 6.42 Å². The zero-order valence-electron chi connectivity index (χ0n) is 17.3. The van der Waals surface area contributed by atoms with Gasteiger partial charge in [0.15, 0.2) is 0 Å². The van der Waals surface area contributed by atoms with Crippen molar-refractivity contribution in [3.8, 4) is 0 Å². The Bertz CT molecular complexity index is 1010. The van der Waals surface area contributed by atoms with Crippen LogP contribution in [-0.4, -0.2) is 47.8 Å². The molecule has 0 N–H and O–H groups in total. The van der Waals surface area contributed by atoms with Gasteiger partial charge in [-0.1, -0.05) is 72.8 Å². The van der Waals surface area contributed by atoms with Crippen LogP contribution in [0.5, 0.6) is 0 Å². The molecule has 3 aromatic rings. The molecule has 3 aromatic carbocycles. The van der Waals surface area contributed by atoms with E-state index in [-0.39, 0.29) is 11.8 Å². The van der Waals surface area contributed by atoms with E-state index in [1.54, 1.807) is 0 Å². The molecule has 1 heterocycles. The van der Waals surface area contributed by atoms with Crippen LogP contribution in [0.1, 0.15) is 24.0 Å². The van der Waals surface area contributed by atoms with Crippen LogP contribution in [0.15, 0.2) is 72.8 Å².